The van der Waals surface area contributed by atoms with Gasteiger partial charge in [-0.2, -0.15) is 0 Å². The third-order valence-corrected chi connectivity index (χ3v) is 4.62. The number of anilines is 2. The van der Waals surface area contributed by atoms with Gasteiger partial charge >= 0.3 is 0 Å². The number of ketones is 1. The number of nitrogens with zero attached hydrogens (tertiary/aromatic N) is 1. The number of aromatic hydroxyl groups is 1. The van der Waals surface area contributed by atoms with Crippen molar-refractivity contribution in [3.63, 3.8) is 0 Å². The van der Waals surface area contributed by atoms with Crippen molar-refractivity contribution in [1.29, 1.82) is 0 Å². The van der Waals surface area contributed by atoms with Gasteiger partial charge in [-0.1, -0.05) is 0 Å². The fraction of sp³-hybridized carbons (Fsp3) is 0.0909. The molecule has 2 rings (SSSR count). The number of Topliss-reactive ketones (excluding diaryl/α,β-unsaturated/α-hetero) is 1. The number of thiazole rings is 1. The molecule has 0 radical (unpaired) electrons. The lowest BCUT2D eigenvalue weighted by atomic mass is 10.3. The van der Waals surface area contributed by atoms with Crippen LogP contribution in [0.4, 0.5) is 10.8 Å². The lowest BCUT2D eigenvalue weighted by Gasteiger charge is -2.06. The van der Waals surface area contributed by atoms with Gasteiger partial charge in [-0.25, -0.2) is 13.4 Å². The van der Waals surface area contributed by atoms with Crippen LogP contribution in [0.1, 0.15) is 17.4 Å². The fourth-order valence-electron chi connectivity index (χ4n) is 1.36. The van der Waals surface area contributed by atoms with Crippen LogP contribution in [-0.4, -0.2) is 24.3 Å². The molecule has 0 fully saturated rings. The molecular weight excluding hydrogens is 302 g/mol. The van der Waals surface area contributed by atoms with Crippen LogP contribution in [0.25, 0.3) is 0 Å². The standard InChI is InChI=1S/C11H11N3O4S2/c1-6(15)9-5-19-11(13-9)14-20(17,18)7-2-3-10(16)8(12)4-7/h2-5,16H,12H2,1H3,(H,13,14). The fourth-order valence-corrected chi connectivity index (χ4v) is 3.39. The molecule has 2 aromatic rings. The van der Waals surface area contributed by atoms with E-state index in [2.05, 4.69) is 9.71 Å². The van der Waals surface area contributed by atoms with Gasteiger partial charge < -0.3 is 10.8 Å². The highest BCUT2D eigenvalue weighted by Crippen LogP contribution is 2.25. The van der Waals surface area contributed by atoms with Crippen LogP contribution < -0.4 is 10.5 Å². The number of rotatable bonds is 4. The quantitative estimate of drug-likeness (QED) is 0.446. The van der Waals surface area contributed by atoms with Crippen LogP contribution in [0, 0.1) is 0 Å². The van der Waals surface area contributed by atoms with Crippen LogP contribution in [0.5, 0.6) is 5.75 Å². The molecule has 1 aromatic heterocycles. The van der Waals surface area contributed by atoms with Crippen LogP contribution in [0.2, 0.25) is 0 Å². The SMILES string of the molecule is CC(=O)c1csc(NS(=O)(=O)c2ccc(O)c(N)c2)n1. The zero-order valence-electron chi connectivity index (χ0n) is 10.3. The van der Waals surface area contributed by atoms with E-state index in [1.807, 2.05) is 0 Å². The molecule has 0 aliphatic heterocycles. The molecule has 0 spiro atoms. The molecule has 0 bridgehead atoms. The Morgan fingerprint density at radius 2 is 2.15 bits per heavy atom. The van der Waals surface area contributed by atoms with Gasteiger partial charge in [-0.3, -0.25) is 9.52 Å². The number of carbonyl (C=O) groups excluding carboxylic acids is 1. The molecule has 0 atom stereocenters. The van der Waals surface area contributed by atoms with E-state index in [4.69, 9.17) is 5.73 Å². The van der Waals surface area contributed by atoms with E-state index in [1.54, 1.807) is 0 Å². The van der Waals surface area contributed by atoms with Gasteiger partial charge in [0, 0.05) is 12.3 Å². The maximum atomic E-state index is 12.1. The van der Waals surface area contributed by atoms with Crippen LogP contribution in [0.15, 0.2) is 28.5 Å². The van der Waals surface area contributed by atoms with Gasteiger partial charge in [0.1, 0.15) is 11.4 Å². The second-order valence-electron chi connectivity index (χ2n) is 3.92. The van der Waals surface area contributed by atoms with Crippen LogP contribution >= 0.6 is 11.3 Å². The number of phenolic OH excluding ortho intramolecular Hbond substituents is 1. The lowest BCUT2D eigenvalue weighted by molar-refractivity contribution is 0.101. The molecule has 0 unspecified atom stereocenters. The molecule has 106 valence electrons. The number of aromatic nitrogens is 1. The molecule has 0 saturated carbocycles. The largest absolute Gasteiger partial charge is 0.506 e. The van der Waals surface area contributed by atoms with Crippen molar-refractivity contribution in [2.24, 2.45) is 0 Å². The second-order valence-corrected chi connectivity index (χ2v) is 6.46. The number of nitrogens with two attached hydrogens (primary N) is 1. The summed E-state index contributed by atoms with van der Waals surface area (Å²) in [5.41, 5.74) is 5.60. The smallest absolute Gasteiger partial charge is 0.263 e. The lowest BCUT2D eigenvalue weighted by Crippen LogP contribution is -2.13. The molecule has 0 aliphatic rings. The second kappa shape index (κ2) is 5.10. The van der Waals surface area contributed by atoms with Gasteiger partial charge in [0.25, 0.3) is 10.0 Å². The summed E-state index contributed by atoms with van der Waals surface area (Å²) in [6, 6.07) is 3.54. The first-order chi connectivity index (χ1) is 9.29. The average Bonchev–Trinajstić information content (AvgIpc) is 2.80. The third kappa shape index (κ3) is 2.89. The first kappa shape index (κ1) is 14.3. The molecule has 4 N–H and O–H groups in total. The van der Waals surface area contributed by atoms with E-state index in [-0.39, 0.29) is 32.9 Å². The summed E-state index contributed by atoms with van der Waals surface area (Å²) >= 11 is 1.00. The van der Waals surface area contributed by atoms with Crippen molar-refractivity contribution in [2.75, 3.05) is 10.5 Å². The molecule has 1 aromatic carbocycles. The predicted molar refractivity (Wildman–Crippen MR) is 75.4 cm³/mol. The Kier molecular flexibility index (Phi) is 3.64. The van der Waals surface area contributed by atoms with Crippen molar-refractivity contribution in [1.82, 2.24) is 4.98 Å². The minimum atomic E-state index is -3.87. The number of hydrogen-bond acceptors (Lipinski definition) is 7. The number of hydrogen-bond donors (Lipinski definition) is 3. The maximum absolute atomic E-state index is 12.1. The first-order valence-electron chi connectivity index (χ1n) is 5.37. The van der Waals surface area contributed by atoms with Crippen LogP contribution in [-0.2, 0) is 10.0 Å². The van der Waals surface area contributed by atoms with Gasteiger partial charge in [0.2, 0.25) is 0 Å². The third-order valence-electron chi connectivity index (χ3n) is 2.40. The minimum Gasteiger partial charge on any atom is -0.506 e. The molecule has 20 heavy (non-hydrogen) atoms. The van der Waals surface area contributed by atoms with Crippen molar-refractivity contribution in [3.8, 4) is 5.75 Å². The van der Waals surface area contributed by atoms with Gasteiger partial charge in [-0.05, 0) is 18.2 Å². The van der Waals surface area contributed by atoms with E-state index >= 15 is 0 Å². The number of phenols is 1. The minimum absolute atomic E-state index is 0.0450. The summed E-state index contributed by atoms with van der Waals surface area (Å²) < 4.78 is 26.4. The van der Waals surface area contributed by atoms with Crippen LogP contribution in [0.3, 0.4) is 0 Å². The Hall–Kier alpha value is -2.13. The number of nitrogens with one attached hydrogen (secondary N) is 1. The normalized spacial score (nSPS) is 11.2. The summed E-state index contributed by atoms with van der Waals surface area (Å²) in [5, 5.41) is 10.8. The monoisotopic (exact) mass is 313 g/mol. The maximum Gasteiger partial charge on any atom is 0.263 e. The highest BCUT2D eigenvalue weighted by atomic mass is 32.2. The molecule has 0 aliphatic carbocycles. The highest BCUT2D eigenvalue weighted by molar-refractivity contribution is 7.93. The van der Waals surface area contributed by atoms with Crippen molar-refractivity contribution in [3.05, 3.63) is 29.3 Å². The van der Waals surface area contributed by atoms with Gasteiger partial charge in [-0.15, -0.1) is 11.3 Å². The Morgan fingerprint density at radius 1 is 1.45 bits per heavy atom. The zero-order chi connectivity index (χ0) is 14.9. The number of nitrogen functional groups attached to an aromatic ring is 1. The number of sulfonamides is 1. The predicted octanol–water partition coefficient (Wildman–Crippen LogP) is 1.43. The van der Waals surface area contributed by atoms with E-state index < -0.39 is 10.0 Å². The van der Waals surface area contributed by atoms with Gasteiger partial charge in [0.05, 0.1) is 10.6 Å². The molecule has 0 amide bonds. The summed E-state index contributed by atoms with van der Waals surface area (Å²) in [6.07, 6.45) is 0. The molecule has 0 saturated heterocycles. The highest BCUT2D eigenvalue weighted by Gasteiger charge is 2.18. The Bertz CT molecular complexity index is 768. The van der Waals surface area contributed by atoms with E-state index in [0.29, 0.717) is 0 Å². The summed E-state index contributed by atoms with van der Waals surface area (Å²) in [5.74, 6) is -0.447. The molecule has 1 heterocycles. The van der Waals surface area contributed by atoms with E-state index in [1.165, 1.54) is 24.4 Å². The molecular formula is C11H11N3O4S2. The van der Waals surface area contributed by atoms with Gasteiger partial charge in [0.15, 0.2) is 10.9 Å². The van der Waals surface area contributed by atoms with Crippen molar-refractivity contribution < 1.29 is 18.3 Å². The first-order valence-corrected chi connectivity index (χ1v) is 7.73. The van der Waals surface area contributed by atoms with Crippen molar-refractivity contribution >= 4 is 38.0 Å². The average molecular weight is 313 g/mol. The summed E-state index contributed by atoms with van der Waals surface area (Å²) in [6.45, 7) is 1.34. The summed E-state index contributed by atoms with van der Waals surface area (Å²) in [4.78, 5) is 14.9. The Balaban J connectivity index is 2.30. The topological polar surface area (TPSA) is 122 Å². The van der Waals surface area contributed by atoms with Crippen molar-refractivity contribution in [2.45, 2.75) is 11.8 Å². The van der Waals surface area contributed by atoms with E-state index in [9.17, 15) is 18.3 Å². The summed E-state index contributed by atoms with van der Waals surface area (Å²) in [7, 11) is -3.87. The number of benzene rings is 1. The molecule has 9 heteroatoms. The van der Waals surface area contributed by atoms with E-state index in [0.717, 1.165) is 17.4 Å². The Labute approximate surface area is 119 Å². The molecule has 7 nitrogen and oxygen atoms in total. The Morgan fingerprint density at radius 3 is 2.70 bits per heavy atom. The number of carbonyl (C=O) groups is 1. The zero-order valence-corrected chi connectivity index (χ0v) is 12.0.